The predicted octanol–water partition coefficient (Wildman–Crippen LogP) is 3.00. The van der Waals surface area contributed by atoms with Crippen LogP contribution in [0.2, 0.25) is 0 Å². The van der Waals surface area contributed by atoms with E-state index < -0.39 is 23.7 Å². The van der Waals surface area contributed by atoms with Crippen LogP contribution in [0.5, 0.6) is 0 Å². The van der Waals surface area contributed by atoms with Gasteiger partial charge in [0.2, 0.25) is 5.91 Å². The van der Waals surface area contributed by atoms with Gasteiger partial charge in [-0.3, -0.25) is 9.59 Å². The van der Waals surface area contributed by atoms with Gasteiger partial charge in [0.25, 0.3) is 5.56 Å². The summed E-state index contributed by atoms with van der Waals surface area (Å²) in [5.74, 6) is -1.17. The molecule has 4 N–H and O–H groups in total. The highest BCUT2D eigenvalue weighted by Crippen LogP contribution is 2.46. The number of nitrogens with zero attached hydrogens (tertiary/aromatic N) is 2. The smallest absolute Gasteiger partial charge is 0.343 e. The second-order valence-electron chi connectivity index (χ2n) is 11.6. The standard InChI is InChI=1S/C30H33FN4O5/c1-5-30(39)18-9-23-26-16(11-35(23)28(37)17(18)12-40-29(30)38)25-21(34-27(36)20(32)8-13(2)3)7-6-15-14(4)19(31)10-22(33-26)24(15)25/h9-10,13,20-21,39H,5-8,11-12,32H2,1-4H3,(H,34,36). The number of hydrogen-bond acceptors (Lipinski definition) is 7. The van der Waals surface area contributed by atoms with E-state index in [4.69, 9.17) is 15.5 Å². The van der Waals surface area contributed by atoms with E-state index in [0.717, 1.165) is 22.1 Å². The average molecular weight is 549 g/mol. The SMILES string of the molecule is CCC1(O)C(=O)OCc2c1cc1n(c2=O)Cc2c-1nc1cc(F)c(C)c3c1c2C(NC(=O)C(N)CC(C)C)CC3. The van der Waals surface area contributed by atoms with Crippen LogP contribution in [-0.4, -0.2) is 32.6 Å². The Morgan fingerprint density at radius 3 is 2.75 bits per heavy atom. The van der Waals surface area contributed by atoms with Gasteiger partial charge in [-0.2, -0.15) is 0 Å². The van der Waals surface area contributed by atoms with Crippen molar-refractivity contribution in [3.05, 3.63) is 61.7 Å². The number of carbonyl (C=O) groups excluding carboxylic acids is 2. The van der Waals surface area contributed by atoms with Crippen molar-refractivity contribution >= 4 is 22.8 Å². The van der Waals surface area contributed by atoms with Crippen LogP contribution in [0.1, 0.15) is 79.5 Å². The molecular weight excluding hydrogens is 515 g/mol. The lowest BCUT2D eigenvalue weighted by Crippen LogP contribution is -2.44. The number of cyclic esters (lactones) is 1. The lowest BCUT2D eigenvalue weighted by atomic mass is 9.81. The van der Waals surface area contributed by atoms with E-state index >= 15 is 4.39 Å². The molecule has 0 saturated carbocycles. The Balaban J connectivity index is 1.57. The van der Waals surface area contributed by atoms with Gasteiger partial charge in [-0.15, -0.1) is 0 Å². The fraction of sp³-hybridized carbons (Fsp3) is 0.467. The number of nitrogens with two attached hydrogens (primary N) is 1. The van der Waals surface area contributed by atoms with Gasteiger partial charge in [0, 0.05) is 22.6 Å². The zero-order chi connectivity index (χ0) is 28.7. The number of aromatic nitrogens is 2. The lowest BCUT2D eigenvalue weighted by Gasteiger charge is -2.31. The minimum Gasteiger partial charge on any atom is -0.458 e. The summed E-state index contributed by atoms with van der Waals surface area (Å²) in [6.45, 7) is 7.37. The number of aliphatic hydroxyl groups is 1. The summed E-state index contributed by atoms with van der Waals surface area (Å²) in [7, 11) is 0. The van der Waals surface area contributed by atoms with Gasteiger partial charge >= 0.3 is 5.97 Å². The highest BCUT2D eigenvalue weighted by Gasteiger charge is 2.46. The Kier molecular flexibility index (Phi) is 6.12. The number of hydrogen-bond donors (Lipinski definition) is 3. The number of carbonyl (C=O) groups is 2. The maximum absolute atomic E-state index is 15.0. The first-order valence-corrected chi connectivity index (χ1v) is 13.8. The molecule has 4 heterocycles. The largest absolute Gasteiger partial charge is 0.458 e. The molecule has 9 nitrogen and oxygen atoms in total. The Morgan fingerprint density at radius 1 is 1.30 bits per heavy atom. The van der Waals surface area contributed by atoms with E-state index in [0.29, 0.717) is 41.7 Å². The highest BCUT2D eigenvalue weighted by atomic mass is 19.1. The van der Waals surface area contributed by atoms with Gasteiger partial charge in [0.05, 0.1) is 41.1 Å². The first-order valence-electron chi connectivity index (χ1n) is 13.8. The topological polar surface area (TPSA) is 137 Å². The molecular formula is C30H33FN4O5. The van der Waals surface area contributed by atoms with Crippen molar-refractivity contribution in [2.75, 3.05) is 0 Å². The molecule has 2 aliphatic heterocycles. The third kappa shape index (κ3) is 3.72. The number of halogens is 1. The number of pyridine rings is 2. The van der Waals surface area contributed by atoms with Crippen LogP contribution in [0.3, 0.4) is 0 Å². The Bertz CT molecular complexity index is 1680. The van der Waals surface area contributed by atoms with Gasteiger partial charge < -0.3 is 25.5 Å². The van der Waals surface area contributed by atoms with E-state index in [1.165, 1.54) is 6.07 Å². The lowest BCUT2D eigenvalue weighted by molar-refractivity contribution is -0.172. The molecule has 3 aromatic rings. The summed E-state index contributed by atoms with van der Waals surface area (Å²) >= 11 is 0. The molecule has 0 spiro atoms. The first kappa shape index (κ1) is 26.6. The molecule has 0 bridgehead atoms. The summed E-state index contributed by atoms with van der Waals surface area (Å²) in [5, 5.41) is 15.1. The van der Waals surface area contributed by atoms with Gasteiger partial charge in [-0.25, -0.2) is 14.2 Å². The summed E-state index contributed by atoms with van der Waals surface area (Å²) in [5.41, 5.74) is 8.63. The molecule has 1 aliphatic carbocycles. The normalized spacial score (nSPS) is 21.6. The number of amides is 1. The third-order valence-corrected chi connectivity index (χ3v) is 8.76. The van der Waals surface area contributed by atoms with E-state index in [1.54, 1.807) is 24.5 Å². The first-order chi connectivity index (χ1) is 19.0. The quantitative estimate of drug-likeness (QED) is 0.326. The molecule has 40 heavy (non-hydrogen) atoms. The Morgan fingerprint density at radius 2 is 2.05 bits per heavy atom. The summed E-state index contributed by atoms with van der Waals surface area (Å²) < 4.78 is 21.8. The van der Waals surface area contributed by atoms with Crippen molar-refractivity contribution in [3.8, 4) is 11.4 Å². The number of nitrogens with one attached hydrogen (secondary N) is 1. The van der Waals surface area contributed by atoms with Crippen molar-refractivity contribution in [3.63, 3.8) is 0 Å². The molecule has 3 atom stereocenters. The average Bonchev–Trinajstić information content (AvgIpc) is 3.28. The Labute approximate surface area is 230 Å². The molecule has 2 aromatic heterocycles. The van der Waals surface area contributed by atoms with Crippen molar-refractivity contribution in [1.29, 1.82) is 0 Å². The number of benzene rings is 1. The molecule has 0 radical (unpaired) electrons. The molecule has 1 amide bonds. The van der Waals surface area contributed by atoms with Crippen LogP contribution in [0, 0.1) is 18.7 Å². The van der Waals surface area contributed by atoms with Crippen LogP contribution in [-0.2, 0) is 39.5 Å². The van der Waals surface area contributed by atoms with Crippen LogP contribution in [0.25, 0.3) is 22.3 Å². The van der Waals surface area contributed by atoms with Crippen molar-refractivity contribution < 1.29 is 23.8 Å². The molecule has 1 aromatic carbocycles. The van der Waals surface area contributed by atoms with Gasteiger partial charge in [-0.05, 0) is 61.3 Å². The minimum atomic E-state index is -1.95. The van der Waals surface area contributed by atoms with E-state index in [2.05, 4.69) is 5.32 Å². The van der Waals surface area contributed by atoms with Crippen LogP contribution < -0.4 is 16.6 Å². The summed E-state index contributed by atoms with van der Waals surface area (Å²) in [4.78, 5) is 44.2. The molecule has 10 heteroatoms. The molecule has 6 rings (SSSR count). The number of rotatable bonds is 5. The zero-order valence-electron chi connectivity index (χ0n) is 23.1. The predicted molar refractivity (Wildman–Crippen MR) is 146 cm³/mol. The Hall–Kier alpha value is -3.63. The maximum atomic E-state index is 15.0. The third-order valence-electron chi connectivity index (χ3n) is 8.76. The van der Waals surface area contributed by atoms with Crippen molar-refractivity contribution in [1.82, 2.24) is 14.9 Å². The van der Waals surface area contributed by atoms with Gasteiger partial charge in [0.15, 0.2) is 5.60 Å². The fourth-order valence-corrected chi connectivity index (χ4v) is 6.59. The highest BCUT2D eigenvalue weighted by molar-refractivity contribution is 5.94. The minimum absolute atomic E-state index is 0.0313. The monoisotopic (exact) mass is 548 g/mol. The number of aryl methyl sites for hydroxylation is 1. The van der Waals surface area contributed by atoms with E-state index in [-0.39, 0.29) is 53.9 Å². The zero-order valence-corrected chi connectivity index (χ0v) is 23.1. The molecule has 3 unspecified atom stereocenters. The van der Waals surface area contributed by atoms with Crippen LogP contribution in [0.15, 0.2) is 16.9 Å². The van der Waals surface area contributed by atoms with Crippen molar-refractivity contribution in [2.24, 2.45) is 11.7 Å². The summed E-state index contributed by atoms with van der Waals surface area (Å²) in [6.07, 6.45) is 1.67. The fourth-order valence-electron chi connectivity index (χ4n) is 6.59. The van der Waals surface area contributed by atoms with Crippen LogP contribution in [0.4, 0.5) is 4.39 Å². The van der Waals surface area contributed by atoms with E-state index in [1.807, 2.05) is 13.8 Å². The molecule has 3 aliphatic rings. The molecule has 210 valence electrons. The number of fused-ring (bicyclic) bond motifs is 5. The maximum Gasteiger partial charge on any atom is 0.343 e. The molecule has 0 fully saturated rings. The van der Waals surface area contributed by atoms with Crippen LogP contribution >= 0.6 is 0 Å². The number of esters is 1. The number of ether oxygens (including phenoxy) is 1. The summed E-state index contributed by atoms with van der Waals surface area (Å²) in [6, 6.07) is 1.96. The second kappa shape index (κ2) is 9.21. The van der Waals surface area contributed by atoms with Crippen molar-refractivity contribution in [2.45, 2.75) is 84.2 Å². The van der Waals surface area contributed by atoms with E-state index in [9.17, 15) is 19.5 Å². The van der Waals surface area contributed by atoms with Gasteiger partial charge in [0.1, 0.15) is 12.4 Å². The second-order valence-corrected chi connectivity index (χ2v) is 11.6. The molecule has 0 saturated heterocycles. The van der Waals surface area contributed by atoms with Gasteiger partial charge in [-0.1, -0.05) is 20.8 Å².